The van der Waals surface area contributed by atoms with Gasteiger partial charge in [-0.15, -0.1) is 0 Å². The third-order valence-electron chi connectivity index (χ3n) is 6.86. The molecule has 2 atom stereocenters. The number of hydrogen-bond acceptors (Lipinski definition) is 5. The molecule has 2 aromatic heterocycles. The molecule has 3 heterocycles. The van der Waals surface area contributed by atoms with Gasteiger partial charge in [-0.25, -0.2) is 4.79 Å². The molecule has 5 rings (SSSR count). The van der Waals surface area contributed by atoms with Crippen molar-refractivity contribution in [2.45, 2.75) is 45.2 Å². The lowest BCUT2D eigenvalue weighted by molar-refractivity contribution is 0.0693. The van der Waals surface area contributed by atoms with Gasteiger partial charge >= 0.3 is 5.97 Å². The highest BCUT2D eigenvalue weighted by Gasteiger charge is 2.48. The molecule has 2 aliphatic rings. The fourth-order valence-corrected chi connectivity index (χ4v) is 5.39. The van der Waals surface area contributed by atoms with Crippen LogP contribution in [-0.2, 0) is 4.74 Å². The quantitative estimate of drug-likeness (QED) is 0.588. The number of pyridine rings is 1. The van der Waals surface area contributed by atoms with Crippen molar-refractivity contribution >= 4 is 16.9 Å². The highest BCUT2D eigenvalue weighted by atomic mass is 16.5. The molecule has 1 aliphatic heterocycles. The number of nitrogens with zero attached hydrogens (tertiary/aromatic N) is 3. The summed E-state index contributed by atoms with van der Waals surface area (Å²) in [6, 6.07) is 7.35. The summed E-state index contributed by atoms with van der Waals surface area (Å²) in [4.78, 5) is 24.4. The number of methoxy groups -OCH3 is 1. The number of hydrogen-bond donors (Lipinski definition) is 1. The summed E-state index contributed by atoms with van der Waals surface area (Å²) in [5.41, 5.74) is 1.54. The third kappa shape index (κ3) is 3.04. The average molecular weight is 437 g/mol. The van der Waals surface area contributed by atoms with Crippen molar-refractivity contribution in [2.24, 2.45) is 5.41 Å². The Kier molecular flexibility index (Phi) is 4.85. The standard InChI is InChI=1S/C24H27N3O5/c1-24(2)9-8-16-22(24)26-13-15(23(29)30)18(28)12-17(26)21-14-6-4-7-19(20(14)25-27(16)21)32-11-5-10-31-3/h4,6-7,12-13,16,22H,5,8-11H2,1-3H3,(H,29,30)/t16-,22-/m1/s1. The molecular formula is C24H27N3O5. The van der Waals surface area contributed by atoms with Crippen LogP contribution in [0.25, 0.3) is 22.3 Å². The van der Waals surface area contributed by atoms with Gasteiger partial charge in [0.25, 0.3) is 0 Å². The normalized spacial score (nSPS) is 20.6. The Hall–Kier alpha value is -3.13. The molecule has 1 aromatic carbocycles. The fraction of sp³-hybridized carbons (Fsp3) is 0.458. The van der Waals surface area contributed by atoms with E-state index in [-0.39, 0.29) is 23.1 Å². The number of carboxylic acid groups (broad SMARTS) is 1. The van der Waals surface area contributed by atoms with E-state index in [9.17, 15) is 14.7 Å². The number of aromatic nitrogens is 3. The lowest BCUT2D eigenvalue weighted by atomic mass is 9.84. The first-order chi connectivity index (χ1) is 15.3. The molecular weight excluding hydrogens is 410 g/mol. The van der Waals surface area contributed by atoms with Gasteiger partial charge in [0.05, 0.1) is 30.1 Å². The maximum Gasteiger partial charge on any atom is 0.341 e. The van der Waals surface area contributed by atoms with Crippen LogP contribution >= 0.6 is 0 Å². The van der Waals surface area contributed by atoms with Gasteiger partial charge in [0, 0.05) is 37.8 Å². The molecule has 1 saturated carbocycles. The average Bonchev–Trinajstić information content (AvgIpc) is 3.29. The Morgan fingerprint density at radius 1 is 1.31 bits per heavy atom. The van der Waals surface area contributed by atoms with Crippen molar-refractivity contribution < 1.29 is 19.4 Å². The molecule has 0 saturated heterocycles. The van der Waals surface area contributed by atoms with Gasteiger partial charge in [-0.2, -0.15) is 5.10 Å². The summed E-state index contributed by atoms with van der Waals surface area (Å²) in [6.07, 6.45) is 4.21. The zero-order chi connectivity index (χ0) is 22.6. The maximum atomic E-state index is 12.7. The lowest BCUT2D eigenvalue weighted by Gasteiger charge is -2.39. The summed E-state index contributed by atoms with van der Waals surface area (Å²) in [5.74, 6) is -0.501. The highest BCUT2D eigenvalue weighted by Crippen LogP contribution is 2.56. The molecule has 1 N–H and O–H groups in total. The number of rotatable bonds is 6. The molecule has 0 bridgehead atoms. The molecule has 168 valence electrons. The predicted molar refractivity (Wildman–Crippen MR) is 119 cm³/mol. The van der Waals surface area contributed by atoms with Crippen molar-refractivity contribution in [3.63, 3.8) is 0 Å². The van der Waals surface area contributed by atoms with Crippen LogP contribution in [0.1, 0.15) is 55.6 Å². The summed E-state index contributed by atoms with van der Waals surface area (Å²) < 4.78 is 15.2. The second-order valence-electron chi connectivity index (χ2n) is 9.33. The van der Waals surface area contributed by atoms with Gasteiger partial charge in [-0.05, 0) is 24.3 Å². The molecule has 8 heteroatoms. The Balaban J connectivity index is 1.72. The second-order valence-corrected chi connectivity index (χ2v) is 9.33. The predicted octanol–water partition coefficient (Wildman–Crippen LogP) is 3.89. The minimum atomic E-state index is -1.20. The van der Waals surface area contributed by atoms with Crippen LogP contribution in [-0.4, -0.2) is 45.7 Å². The van der Waals surface area contributed by atoms with Crippen LogP contribution in [0.15, 0.2) is 35.3 Å². The number of ether oxygens (including phenoxy) is 2. The van der Waals surface area contributed by atoms with Crippen molar-refractivity contribution in [2.75, 3.05) is 20.3 Å². The van der Waals surface area contributed by atoms with E-state index in [1.807, 2.05) is 27.4 Å². The minimum absolute atomic E-state index is 0.00378. The molecule has 1 fully saturated rings. The summed E-state index contributed by atoms with van der Waals surface area (Å²) >= 11 is 0. The second kappa shape index (κ2) is 7.48. The van der Waals surface area contributed by atoms with E-state index < -0.39 is 11.4 Å². The fourth-order valence-electron chi connectivity index (χ4n) is 5.39. The van der Waals surface area contributed by atoms with E-state index in [1.54, 1.807) is 7.11 Å². The number of benzene rings is 1. The van der Waals surface area contributed by atoms with Gasteiger partial charge in [-0.1, -0.05) is 26.0 Å². The van der Waals surface area contributed by atoms with Crippen LogP contribution in [0.4, 0.5) is 0 Å². The molecule has 8 nitrogen and oxygen atoms in total. The van der Waals surface area contributed by atoms with E-state index >= 15 is 0 Å². The van der Waals surface area contributed by atoms with Crippen LogP contribution in [0.3, 0.4) is 0 Å². The van der Waals surface area contributed by atoms with E-state index in [0.29, 0.717) is 24.7 Å². The third-order valence-corrected chi connectivity index (χ3v) is 6.86. The smallest absolute Gasteiger partial charge is 0.341 e. The Morgan fingerprint density at radius 2 is 2.12 bits per heavy atom. The monoisotopic (exact) mass is 437 g/mol. The number of aromatic carboxylic acids is 1. The SMILES string of the molecule is COCCCOc1cccc2c3n(nc12)[C@@H]1CCC(C)(C)[C@@H]1n1cc(C(=O)O)c(=O)cc1-3. The Bertz CT molecular complexity index is 1270. The lowest BCUT2D eigenvalue weighted by Crippen LogP contribution is -2.35. The number of carboxylic acids is 1. The van der Waals surface area contributed by atoms with Crippen molar-refractivity contribution in [3.05, 3.63) is 46.2 Å². The summed E-state index contributed by atoms with van der Waals surface area (Å²) in [5, 5.41) is 15.4. The maximum absolute atomic E-state index is 12.7. The first kappa shape index (κ1) is 20.8. The van der Waals surface area contributed by atoms with Crippen LogP contribution in [0.5, 0.6) is 5.75 Å². The van der Waals surface area contributed by atoms with Gasteiger partial charge in [0.2, 0.25) is 0 Å². The number of fused-ring (bicyclic) bond motifs is 8. The van der Waals surface area contributed by atoms with E-state index in [4.69, 9.17) is 14.6 Å². The van der Waals surface area contributed by atoms with Crippen molar-refractivity contribution in [1.82, 2.24) is 14.3 Å². The molecule has 3 aromatic rings. The van der Waals surface area contributed by atoms with Gasteiger partial charge in [-0.3, -0.25) is 9.48 Å². The minimum Gasteiger partial charge on any atom is -0.491 e. The molecule has 0 spiro atoms. The Morgan fingerprint density at radius 3 is 2.88 bits per heavy atom. The first-order valence-corrected chi connectivity index (χ1v) is 11.0. The molecule has 0 unspecified atom stereocenters. The zero-order valence-electron chi connectivity index (χ0n) is 18.5. The Labute approximate surface area is 185 Å². The van der Waals surface area contributed by atoms with Crippen molar-refractivity contribution in [1.29, 1.82) is 0 Å². The van der Waals surface area contributed by atoms with Crippen molar-refractivity contribution in [3.8, 4) is 17.1 Å². The zero-order valence-corrected chi connectivity index (χ0v) is 18.5. The van der Waals surface area contributed by atoms with E-state index in [2.05, 4.69) is 13.8 Å². The topological polar surface area (TPSA) is 95.6 Å². The first-order valence-electron chi connectivity index (χ1n) is 11.0. The van der Waals surface area contributed by atoms with Crippen LogP contribution < -0.4 is 10.2 Å². The van der Waals surface area contributed by atoms with E-state index in [0.717, 1.165) is 35.9 Å². The van der Waals surface area contributed by atoms with Crippen LogP contribution in [0, 0.1) is 5.41 Å². The number of carbonyl (C=O) groups is 1. The van der Waals surface area contributed by atoms with Crippen LogP contribution in [0.2, 0.25) is 0 Å². The molecule has 32 heavy (non-hydrogen) atoms. The van der Waals surface area contributed by atoms with Gasteiger partial charge in [0.1, 0.15) is 16.8 Å². The molecule has 0 radical (unpaired) electrons. The highest BCUT2D eigenvalue weighted by molar-refractivity contribution is 5.97. The van der Waals surface area contributed by atoms with Gasteiger partial charge < -0.3 is 19.1 Å². The largest absolute Gasteiger partial charge is 0.491 e. The van der Waals surface area contributed by atoms with E-state index in [1.165, 1.54) is 12.3 Å². The van der Waals surface area contributed by atoms with Gasteiger partial charge in [0.15, 0.2) is 5.43 Å². The summed E-state index contributed by atoms with van der Waals surface area (Å²) in [6.45, 7) is 5.53. The molecule has 1 aliphatic carbocycles. The summed E-state index contributed by atoms with van der Waals surface area (Å²) in [7, 11) is 1.67. The molecule has 0 amide bonds.